The molecule has 9 nitrogen and oxygen atoms in total. The van der Waals surface area contributed by atoms with Crippen molar-refractivity contribution in [3.63, 3.8) is 0 Å². The quantitative estimate of drug-likeness (QED) is 0.535. The van der Waals surface area contributed by atoms with E-state index in [-0.39, 0.29) is 13.2 Å². The molecule has 0 aliphatic carbocycles. The highest BCUT2D eigenvalue weighted by Crippen LogP contribution is 2.25. The van der Waals surface area contributed by atoms with E-state index in [0.717, 1.165) is 11.8 Å². The molecule has 0 bridgehead atoms. The Morgan fingerprint density at radius 3 is 2.66 bits per heavy atom. The van der Waals surface area contributed by atoms with Gasteiger partial charge >= 0.3 is 6.09 Å². The molecule has 0 fully saturated rings. The van der Waals surface area contributed by atoms with Gasteiger partial charge in [-0.15, -0.1) is 0 Å². The number of carbonyl (C=O) groups excluding carboxylic acids is 1. The van der Waals surface area contributed by atoms with E-state index in [1.807, 2.05) is 0 Å². The number of rotatable bonds is 7. The predicted octanol–water partition coefficient (Wildman–Crippen LogP) is 3.08. The monoisotopic (exact) mass is 464 g/mol. The van der Waals surface area contributed by atoms with Gasteiger partial charge in [-0.1, -0.05) is 12.1 Å². The molecule has 0 unspecified atom stereocenters. The Morgan fingerprint density at radius 1 is 1.25 bits per heavy atom. The first-order chi connectivity index (χ1) is 14.9. The SMILES string of the molecule is CC(C)(C)OC(=O)NCc1ccc(-c2ncnn3cc(CCOS(C)(=O)=O)cc23)cc1F. The van der Waals surface area contributed by atoms with Crippen LogP contribution in [0.2, 0.25) is 0 Å². The van der Waals surface area contributed by atoms with Crippen LogP contribution in [0.3, 0.4) is 0 Å². The van der Waals surface area contributed by atoms with Crippen LogP contribution in [-0.2, 0) is 32.0 Å². The third-order valence-electron chi connectivity index (χ3n) is 4.30. The molecular weight excluding hydrogens is 439 g/mol. The number of nitrogens with zero attached hydrogens (tertiary/aromatic N) is 3. The molecule has 1 aromatic carbocycles. The second kappa shape index (κ2) is 9.21. The van der Waals surface area contributed by atoms with Crippen LogP contribution in [0, 0.1) is 5.82 Å². The van der Waals surface area contributed by atoms with E-state index in [9.17, 15) is 17.6 Å². The van der Waals surface area contributed by atoms with Crippen LogP contribution >= 0.6 is 0 Å². The van der Waals surface area contributed by atoms with Gasteiger partial charge in [-0.05, 0) is 44.9 Å². The first kappa shape index (κ1) is 23.6. The number of ether oxygens (including phenoxy) is 1. The number of benzene rings is 1. The van der Waals surface area contributed by atoms with Crippen LogP contribution in [0.15, 0.2) is 36.8 Å². The molecule has 2 aromatic heterocycles. The molecule has 0 aliphatic rings. The summed E-state index contributed by atoms with van der Waals surface area (Å²) in [7, 11) is -3.51. The van der Waals surface area contributed by atoms with Gasteiger partial charge in [0.25, 0.3) is 10.1 Å². The molecule has 2 heterocycles. The number of halogens is 1. The molecule has 0 aliphatic heterocycles. The summed E-state index contributed by atoms with van der Waals surface area (Å²) in [6, 6.07) is 6.42. The fraction of sp³-hybridized carbons (Fsp3) is 0.381. The second-order valence-corrected chi connectivity index (χ2v) is 9.87. The molecule has 3 rings (SSSR count). The number of nitrogens with one attached hydrogen (secondary N) is 1. The lowest BCUT2D eigenvalue weighted by atomic mass is 10.1. The first-order valence-corrected chi connectivity index (χ1v) is 11.7. The van der Waals surface area contributed by atoms with Gasteiger partial charge in [-0.25, -0.2) is 18.7 Å². The maximum Gasteiger partial charge on any atom is 0.407 e. The van der Waals surface area contributed by atoms with Gasteiger partial charge in [-0.3, -0.25) is 4.18 Å². The minimum atomic E-state index is -3.51. The Morgan fingerprint density at radius 2 is 2.00 bits per heavy atom. The number of aromatic nitrogens is 3. The Hall–Kier alpha value is -3.05. The molecule has 0 saturated heterocycles. The maximum absolute atomic E-state index is 14.7. The summed E-state index contributed by atoms with van der Waals surface area (Å²) in [6.45, 7) is 5.23. The van der Waals surface area contributed by atoms with Gasteiger partial charge in [0.15, 0.2) is 0 Å². The molecule has 0 radical (unpaired) electrons. The Balaban J connectivity index is 1.76. The molecular formula is C21H25FN4O5S. The minimum absolute atomic E-state index is 0.00640. The van der Waals surface area contributed by atoms with Gasteiger partial charge in [0.05, 0.1) is 24.1 Å². The van der Waals surface area contributed by atoms with E-state index in [2.05, 4.69) is 15.4 Å². The van der Waals surface area contributed by atoms with Gasteiger partial charge < -0.3 is 10.1 Å². The lowest BCUT2D eigenvalue weighted by Gasteiger charge is -2.19. The predicted molar refractivity (Wildman–Crippen MR) is 116 cm³/mol. The zero-order chi connectivity index (χ0) is 23.5. The maximum atomic E-state index is 14.7. The minimum Gasteiger partial charge on any atom is -0.444 e. The zero-order valence-electron chi connectivity index (χ0n) is 18.3. The lowest BCUT2D eigenvalue weighted by molar-refractivity contribution is 0.0523. The standard InChI is InChI=1S/C21H25FN4O5S/c1-21(2,3)31-20(27)23-11-16-6-5-15(10-17(16)22)19-18-9-14(7-8-30-32(4,28)29)12-26(18)25-13-24-19/h5-6,9-10,12-13H,7-8,11H2,1-4H3,(H,23,27). The molecule has 1 N–H and O–H groups in total. The topological polar surface area (TPSA) is 112 Å². The Labute approximate surface area is 185 Å². The summed E-state index contributed by atoms with van der Waals surface area (Å²) < 4.78 is 48.5. The average Bonchev–Trinajstić information content (AvgIpc) is 3.07. The number of alkyl carbamates (subject to hydrolysis) is 1. The van der Waals surface area contributed by atoms with Crippen LogP contribution in [-0.4, -0.2) is 47.6 Å². The molecule has 0 saturated carbocycles. The molecule has 11 heteroatoms. The summed E-state index contributed by atoms with van der Waals surface area (Å²) in [5.41, 5.74) is 2.15. The molecule has 0 atom stereocenters. The van der Waals surface area contributed by atoms with Crippen LogP contribution < -0.4 is 5.32 Å². The van der Waals surface area contributed by atoms with Gasteiger partial charge in [0, 0.05) is 23.9 Å². The Kier molecular flexibility index (Phi) is 6.79. The number of fused-ring (bicyclic) bond motifs is 1. The van der Waals surface area contributed by atoms with Crippen molar-refractivity contribution in [1.29, 1.82) is 0 Å². The summed E-state index contributed by atoms with van der Waals surface area (Å²) in [5, 5.41) is 6.69. The smallest absolute Gasteiger partial charge is 0.407 e. The highest BCUT2D eigenvalue weighted by atomic mass is 32.2. The van der Waals surface area contributed by atoms with Crippen LogP contribution in [0.4, 0.5) is 9.18 Å². The normalized spacial score (nSPS) is 12.2. The van der Waals surface area contributed by atoms with Crippen molar-refractivity contribution in [2.24, 2.45) is 0 Å². The van der Waals surface area contributed by atoms with Crippen LogP contribution in [0.5, 0.6) is 0 Å². The molecule has 3 aromatic rings. The van der Waals surface area contributed by atoms with E-state index >= 15 is 0 Å². The fourth-order valence-corrected chi connectivity index (χ4v) is 3.36. The summed E-state index contributed by atoms with van der Waals surface area (Å²) in [5.74, 6) is -0.497. The lowest BCUT2D eigenvalue weighted by Crippen LogP contribution is -2.32. The molecule has 0 spiro atoms. The van der Waals surface area contributed by atoms with E-state index in [1.54, 1.807) is 49.7 Å². The van der Waals surface area contributed by atoms with E-state index < -0.39 is 27.6 Å². The van der Waals surface area contributed by atoms with Gasteiger partial charge in [0.2, 0.25) is 0 Å². The molecule has 32 heavy (non-hydrogen) atoms. The van der Waals surface area contributed by atoms with E-state index in [1.165, 1.54) is 12.4 Å². The number of amides is 1. The van der Waals surface area contributed by atoms with Crippen molar-refractivity contribution in [2.45, 2.75) is 39.3 Å². The third-order valence-corrected chi connectivity index (χ3v) is 4.89. The number of carbonyl (C=O) groups is 1. The average molecular weight is 465 g/mol. The molecule has 1 amide bonds. The van der Waals surface area contributed by atoms with Crippen LogP contribution in [0.1, 0.15) is 31.9 Å². The first-order valence-electron chi connectivity index (χ1n) is 9.83. The van der Waals surface area contributed by atoms with Crippen molar-refractivity contribution >= 4 is 21.7 Å². The summed E-state index contributed by atoms with van der Waals surface area (Å²) >= 11 is 0. The van der Waals surface area contributed by atoms with E-state index in [0.29, 0.717) is 28.8 Å². The third kappa shape index (κ3) is 6.47. The van der Waals surface area contributed by atoms with Crippen molar-refractivity contribution < 1.29 is 26.5 Å². The zero-order valence-corrected chi connectivity index (χ0v) is 19.1. The van der Waals surface area contributed by atoms with Gasteiger partial charge in [0.1, 0.15) is 17.7 Å². The molecule has 172 valence electrons. The van der Waals surface area contributed by atoms with Crippen molar-refractivity contribution in [2.75, 3.05) is 12.9 Å². The number of hydrogen-bond donors (Lipinski definition) is 1. The van der Waals surface area contributed by atoms with Crippen molar-refractivity contribution in [3.05, 3.63) is 53.7 Å². The largest absolute Gasteiger partial charge is 0.444 e. The van der Waals surface area contributed by atoms with Crippen molar-refractivity contribution in [3.8, 4) is 11.3 Å². The van der Waals surface area contributed by atoms with E-state index in [4.69, 9.17) is 8.92 Å². The summed E-state index contributed by atoms with van der Waals surface area (Å²) in [6.07, 6.45) is 3.82. The second-order valence-electron chi connectivity index (χ2n) is 8.22. The van der Waals surface area contributed by atoms with Gasteiger partial charge in [-0.2, -0.15) is 13.5 Å². The van der Waals surface area contributed by atoms with Crippen LogP contribution in [0.25, 0.3) is 16.8 Å². The highest BCUT2D eigenvalue weighted by Gasteiger charge is 2.17. The fourth-order valence-electron chi connectivity index (χ4n) is 2.97. The summed E-state index contributed by atoms with van der Waals surface area (Å²) in [4.78, 5) is 16.1. The van der Waals surface area contributed by atoms with Crippen molar-refractivity contribution in [1.82, 2.24) is 19.9 Å². The Bertz CT molecular complexity index is 1230. The number of hydrogen-bond acceptors (Lipinski definition) is 7. The highest BCUT2D eigenvalue weighted by molar-refractivity contribution is 7.85.